The lowest BCUT2D eigenvalue weighted by Crippen LogP contribution is -2.36. The Kier molecular flexibility index (Phi) is 6.81. The molecule has 2 aromatic rings. The molecule has 6 nitrogen and oxygen atoms in total. The number of rotatable bonds is 7. The monoisotopic (exact) mass is 425 g/mol. The molecule has 0 radical (unpaired) electrons. The number of sulfonamides is 1. The predicted molar refractivity (Wildman–Crippen MR) is 101 cm³/mol. The molecule has 1 fully saturated rings. The van der Waals surface area contributed by atoms with Gasteiger partial charge in [-0.3, -0.25) is 0 Å². The van der Waals surface area contributed by atoms with Crippen LogP contribution in [0, 0.1) is 11.6 Å². The van der Waals surface area contributed by atoms with Crippen LogP contribution in [0.5, 0.6) is 5.75 Å². The molecule has 1 aliphatic rings. The van der Waals surface area contributed by atoms with Crippen LogP contribution in [-0.4, -0.2) is 45.0 Å². The quantitative estimate of drug-likeness (QED) is 0.502. The minimum atomic E-state index is -4.02. The van der Waals surface area contributed by atoms with Crippen molar-refractivity contribution in [2.75, 3.05) is 26.3 Å². The Bertz CT molecular complexity index is 957. The van der Waals surface area contributed by atoms with Crippen molar-refractivity contribution in [3.05, 3.63) is 59.7 Å². The van der Waals surface area contributed by atoms with Gasteiger partial charge in [0.25, 0.3) is 0 Å². The molecule has 29 heavy (non-hydrogen) atoms. The lowest BCUT2D eigenvalue weighted by atomic mass is 10.2. The van der Waals surface area contributed by atoms with Gasteiger partial charge in [0.05, 0.1) is 5.56 Å². The first kappa shape index (κ1) is 21.2. The summed E-state index contributed by atoms with van der Waals surface area (Å²) in [6.07, 6.45) is 2.37. The molecule has 0 spiro atoms. The van der Waals surface area contributed by atoms with Gasteiger partial charge in [-0.05, 0) is 55.3 Å². The van der Waals surface area contributed by atoms with E-state index < -0.39 is 32.5 Å². The molecule has 3 rings (SSSR count). The Labute approximate surface area is 168 Å². The molecule has 0 unspecified atom stereocenters. The first-order chi connectivity index (χ1) is 13.9. The SMILES string of the molecule is O=C(OCCOc1ccc(F)cc1)c1ccc(F)c(S(=O)(=O)N2CCCCC2)c1. The van der Waals surface area contributed by atoms with Crippen molar-refractivity contribution < 1.29 is 31.5 Å². The van der Waals surface area contributed by atoms with Crippen molar-refractivity contribution in [2.45, 2.75) is 24.2 Å². The maximum absolute atomic E-state index is 14.2. The Morgan fingerprint density at radius 2 is 1.66 bits per heavy atom. The molecule has 2 aromatic carbocycles. The van der Waals surface area contributed by atoms with Gasteiger partial charge in [0, 0.05) is 13.1 Å². The fourth-order valence-corrected chi connectivity index (χ4v) is 4.59. The number of esters is 1. The van der Waals surface area contributed by atoms with Crippen molar-refractivity contribution >= 4 is 16.0 Å². The summed E-state index contributed by atoms with van der Waals surface area (Å²) in [6.45, 7) is 0.577. The predicted octanol–water partition coefficient (Wildman–Crippen LogP) is 3.38. The molecule has 0 N–H and O–H groups in total. The second-order valence-electron chi connectivity index (χ2n) is 6.55. The van der Waals surface area contributed by atoms with Crippen LogP contribution in [0.25, 0.3) is 0 Å². The normalized spacial score (nSPS) is 15.1. The molecule has 0 bridgehead atoms. The topological polar surface area (TPSA) is 72.9 Å². The Morgan fingerprint density at radius 3 is 2.34 bits per heavy atom. The summed E-state index contributed by atoms with van der Waals surface area (Å²) in [4.78, 5) is 11.7. The van der Waals surface area contributed by atoms with E-state index in [4.69, 9.17) is 9.47 Å². The van der Waals surface area contributed by atoms with E-state index in [-0.39, 0.29) is 18.8 Å². The van der Waals surface area contributed by atoms with Crippen LogP contribution >= 0.6 is 0 Å². The van der Waals surface area contributed by atoms with Gasteiger partial charge >= 0.3 is 5.97 Å². The molecular formula is C20H21F2NO5S. The molecule has 1 heterocycles. The van der Waals surface area contributed by atoms with Crippen molar-refractivity contribution in [1.29, 1.82) is 0 Å². The van der Waals surface area contributed by atoms with E-state index in [1.807, 2.05) is 0 Å². The summed E-state index contributed by atoms with van der Waals surface area (Å²) in [6, 6.07) is 8.48. The zero-order chi connectivity index (χ0) is 20.9. The average molecular weight is 425 g/mol. The average Bonchev–Trinajstić information content (AvgIpc) is 2.73. The third-order valence-corrected chi connectivity index (χ3v) is 6.41. The van der Waals surface area contributed by atoms with Gasteiger partial charge < -0.3 is 9.47 Å². The van der Waals surface area contributed by atoms with Crippen LogP contribution in [-0.2, 0) is 14.8 Å². The molecule has 0 saturated carbocycles. The van der Waals surface area contributed by atoms with Crippen LogP contribution in [0.15, 0.2) is 47.4 Å². The maximum atomic E-state index is 14.2. The number of halogens is 2. The molecule has 0 aromatic heterocycles. The van der Waals surface area contributed by atoms with E-state index in [9.17, 15) is 22.0 Å². The van der Waals surface area contributed by atoms with E-state index in [1.165, 1.54) is 34.6 Å². The summed E-state index contributed by atoms with van der Waals surface area (Å²) >= 11 is 0. The van der Waals surface area contributed by atoms with Crippen molar-refractivity contribution in [1.82, 2.24) is 4.31 Å². The molecule has 156 valence electrons. The van der Waals surface area contributed by atoms with Gasteiger partial charge in [0.15, 0.2) is 0 Å². The molecule has 9 heteroatoms. The standard InChI is InChI=1S/C20H21F2NO5S/c21-16-5-7-17(8-6-16)27-12-13-28-20(24)15-4-9-18(22)19(14-15)29(25,26)23-10-2-1-3-11-23/h4-9,14H,1-3,10-13H2. The fourth-order valence-electron chi connectivity index (χ4n) is 2.98. The fraction of sp³-hybridized carbons (Fsp3) is 0.350. The smallest absolute Gasteiger partial charge is 0.338 e. The number of ether oxygens (including phenoxy) is 2. The van der Waals surface area contributed by atoms with Gasteiger partial charge in [0.2, 0.25) is 10.0 Å². The highest BCUT2D eigenvalue weighted by atomic mass is 32.2. The number of hydrogen-bond donors (Lipinski definition) is 0. The Balaban J connectivity index is 1.62. The Morgan fingerprint density at radius 1 is 0.966 bits per heavy atom. The number of piperidine rings is 1. The van der Waals surface area contributed by atoms with E-state index >= 15 is 0 Å². The van der Waals surface area contributed by atoms with E-state index in [1.54, 1.807) is 0 Å². The minimum absolute atomic E-state index is 0.0253. The number of carbonyl (C=O) groups is 1. The number of hydrogen-bond acceptors (Lipinski definition) is 5. The highest BCUT2D eigenvalue weighted by Gasteiger charge is 2.29. The highest BCUT2D eigenvalue weighted by molar-refractivity contribution is 7.89. The second kappa shape index (κ2) is 9.32. The highest BCUT2D eigenvalue weighted by Crippen LogP contribution is 2.24. The van der Waals surface area contributed by atoms with Crippen LogP contribution < -0.4 is 4.74 Å². The van der Waals surface area contributed by atoms with E-state index in [2.05, 4.69) is 0 Å². The molecule has 0 aliphatic carbocycles. The molecular weight excluding hydrogens is 404 g/mol. The molecule has 1 aliphatic heterocycles. The number of benzene rings is 2. The van der Waals surface area contributed by atoms with Crippen molar-refractivity contribution in [3.63, 3.8) is 0 Å². The lowest BCUT2D eigenvalue weighted by Gasteiger charge is -2.26. The molecule has 0 amide bonds. The third-order valence-electron chi connectivity index (χ3n) is 4.50. The first-order valence-electron chi connectivity index (χ1n) is 9.23. The summed E-state index contributed by atoms with van der Waals surface area (Å²) in [5.41, 5.74) is -0.0660. The van der Waals surface area contributed by atoms with Crippen LogP contribution in [0.2, 0.25) is 0 Å². The van der Waals surface area contributed by atoms with Gasteiger partial charge in [-0.25, -0.2) is 22.0 Å². The minimum Gasteiger partial charge on any atom is -0.490 e. The van der Waals surface area contributed by atoms with E-state index in [0.29, 0.717) is 18.8 Å². The van der Waals surface area contributed by atoms with Gasteiger partial charge in [-0.1, -0.05) is 6.42 Å². The summed E-state index contributed by atoms with van der Waals surface area (Å²) in [7, 11) is -4.02. The third kappa shape index (κ3) is 5.30. The van der Waals surface area contributed by atoms with Gasteiger partial charge in [0.1, 0.15) is 35.5 Å². The maximum Gasteiger partial charge on any atom is 0.338 e. The zero-order valence-corrected chi connectivity index (χ0v) is 16.5. The summed E-state index contributed by atoms with van der Waals surface area (Å²) in [5.74, 6) is -1.68. The summed E-state index contributed by atoms with van der Waals surface area (Å²) < 4.78 is 64.1. The lowest BCUT2D eigenvalue weighted by molar-refractivity contribution is 0.0450. The van der Waals surface area contributed by atoms with Crippen LogP contribution in [0.4, 0.5) is 8.78 Å². The van der Waals surface area contributed by atoms with Crippen molar-refractivity contribution in [3.8, 4) is 5.75 Å². The second-order valence-corrected chi connectivity index (χ2v) is 8.45. The number of carbonyl (C=O) groups excluding carboxylic acids is 1. The van der Waals surface area contributed by atoms with Gasteiger partial charge in [-0.2, -0.15) is 4.31 Å². The first-order valence-corrected chi connectivity index (χ1v) is 10.7. The van der Waals surface area contributed by atoms with Gasteiger partial charge in [-0.15, -0.1) is 0 Å². The van der Waals surface area contributed by atoms with Crippen LogP contribution in [0.1, 0.15) is 29.6 Å². The Hall–Kier alpha value is -2.52. The van der Waals surface area contributed by atoms with Crippen molar-refractivity contribution in [2.24, 2.45) is 0 Å². The largest absolute Gasteiger partial charge is 0.490 e. The van der Waals surface area contributed by atoms with E-state index in [0.717, 1.165) is 31.4 Å². The number of nitrogens with zero attached hydrogens (tertiary/aromatic N) is 1. The molecule has 1 saturated heterocycles. The van der Waals surface area contributed by atoms with Crippen LogP contribution in [0.3, 0.4) is 0 Å². The molecule has 0 atom stereocenters. The zero-order valence-electron chi connectivity index (χ0n) is 15.6. The summed E-state index contributed by atoms with van der Waals surface area (Å²) in [5, 5.41) is 0.